The molecule has 3 heteroatoms. The van der Waals surface area contributed by atoms with Crippen molar-refractivity contribution in [1.82, 2.24) is 0 Å². The van der Waals surface area contributed by atoms with Crippen molar-refractivity contribution in [2.24, 2.45) is 0 Å². The number of benzene rings is 1. The lowest BCUT2D eigenvalue weighted by molar-refractivity contribution is -0.906. The van der Waals surface area contributed by atoms with E-state index in [9.17, 15) is 4.79 Å². The molecule has 0 spiro atoms. The van der Waals surface area contributed by atoms with Gasteiger partial charge >= 0.3 is 0 Å². The number of likely N-dealkylation sites (N-methyl/N-ethyl adjacent to an activating group) is 1. The van der Waals surface area contributed by atoms with Gasteiger partial charge in [0.05, 0.1) is 20.1 Å². The van der Waals surface area contributed by atoms with Crippen LogP contribution in [0.25, 0.3) is 0 Å². The second kappa shape index (κ2) is 5.96. The van der Waals surface area contributed by atoms with Gasteiger partial charge in [-0.3, -0.25) is 4.79 Å². The van der Waals surface area contributed by atoms with E-state index in [0.717, 1.165) is 21.3 Å². The molecule has 1 aromatic rings. The molecule has 1 saturated carbocycles. The fourth-order valence-corrected chi connectivity index (χ4v) is 3.29. The van der Waals surface area contributed by atoms with Gasteiger partial charge in [0, 0.05) is 5.69 Å². The van der Waals surface area contributed by atoms with Crippen molar-refractivity contribution in [3.05, 3.63) is 29.3 Å². The van der Waals surface area contributed by atoms with E-state index >= 15 is 0 Å². The summed E-state index contributed by atoms with van der Waals surface area (Å²) >= 11 is 0. The minimum Gasteiger partial charge on any atom is -0.321 e. The van der Waals surface area contributed by atoms with E-state index in [4.69, 9.17) is 0 Å². The minimum absolute atomic E-state index is 0.124. The molecular weight excluding hydrogens is 248 g/mol. The van der Waals surface area contributed by atoms with Crippen molar-refractivity contribution in [2.75, 3.05) is 26.0 Å². The van der Waals surface area contributed by atoms with E-state index in [2.05, 4.69) is 19.4 Å². The Hall–Kier alpha value is -1.35. The number of anilines is 1. The van der Waals surface area contributed by atoms with Gasteiger partial charge in [-0.05, 0) is 50.7 Å². The van der Waals surface area contributed by atoms with Gasteiger partial charge in [0.2, 0.25) is 0 Å². The van der Waals surface area contributed by atoms with Crippen LogP contribution in [0.4, 0.5) is 5.69 Å². The molecule has 1 N–H and O–H groups in total. The molecule has 1 aromatic carbocycles. The number of carbonyl (C=O) groups excluding carboxylic acids is 1. The van der Waals surface area contributed by atoms with Gasteiger partial charge in [0.25, 0.3) is 5.91 Å². The van der Waals surface area contributed by atoms with Crippen LogP contribution < -0.4 is 5.32 Å². The molecule has 2 rings (SSSR count). The van der Waals surface area contributed by atoms with E-state index < -0.39 is 0 Å². The molecule has 1 amide bonds. The molecule has 0 aromatic heterocycles. The van der Waals surface area contributed by atoms with Crippen LogP contribution in [0.3, 0.4) is 0 Å². The van der Waals surface area contributed by atoms with Crippen LogP contribution in [0.5, 0.6) is 0 Å². The number of hydrogen-bond donors (Lipinski definition) is 1. The van der Waals surface area contributed by atoms with Crippen LogP contribution in [0.2, 0.25) is 0 Å². The van der Waals surface area contributed by atoms with E-state index in [1.165, 1.54) is 25.7 Å². The van der Waals surface area contributed by atoms with Crippen LogP contribution in [-0.4, -0.2) is 37.1 Å². The number of nitrogens with zero attached hydrogens (tertiary/aromatic N) is 1. The summed E-state index contributed by atoms with van der Waals surface area (Å²) in [7, 11) is 4.36. The highest BCUT2D eigenvalue weighted by atomic mass is 16.2. The van der Waals surface area contributed by atoms with Crippen LogP contribution in [0.15, 0.2) is 18.2 Å². The molecule has 0 saturated heterocycles. The van der Waals surface area contributed by atoms with E-state index in [1.807, 2.05) is 32.0 Å². The highest BCUT2D eigenvalue weighted by Gasteiger charge is 2.33. The monoisotopic (exact) mass is 275 g/mol. The second-order valence-electron chi connectivity index (χ2n) is 6.69. The molecule has 20 heavy (non-hydrogen) atoms. The minimum atomic E-state index is 0.124. The number of aryl methyl sites for hydroxylation is 2. The Morgan fingerprint density at radius 1 is 1.20 bits per heavy atom. The summed E-state index contributed by atoms with van der Waals surface area (Å²) in [5, 5.41) is 3.10. The highest BCUT2D eigenvalue weighted by molar-refractivity contribution is 5.93. The Bertz CT molecular complexity index is 468. The Morgan fingerprint density at radius 3 is 2.30 bits per heavy atom. The zero-order chi connectivity index (χ0) is 14.8. The lowest BCUT2D eigenvalue weighted by atomic mass is 10.1. The number of amides is 1. The van der Waals surface area contributed by atoms with Gasteiger partial charge in [0.15, 0.2) is 6.54 Å². The zero-order valence-corrected chi connectivity index (χ0v) is 13.2. The largest absolute Gasteiger partial charge is 0.321 e. The predicted octanol–water partition coefficient (Wildman–Crippen LogP) is 3.26. The number of para-hydroxylation sites is 1. The first-order valence-electron chi connectivity index (χ1n) is 7.59. The average Bonchev–Trinajstić information content (AvgIpc) is 2.88. The summed E-state index contributed by atoms with van der Waals surface area (Å²) < 4.78 is 0.802. The summed E-state index contributed by atoms with van der Waals surface area (Å²) in [5.41, 5.74) is 3.23. The molecule has 3 nitrogen and oxygen atoms in total. The Balaban J connectivity index is 2.02. The molecule has 1 aliphatic rings. The molecule has 110 valence electrons. The maximum Gasteiger partial charge on any atom is 0.279 e. The maximum atomic E-state index is 12.4. The quantitative estimate of drug-likeness (QED) is 0.840. The Labute approximate surface area is 122 Å². The number of nitrogens with one attached hydrogen (secondary N) is 1. The summed E-state index contributed by atoms with van der Waals surface area (Å²) in [6, 6.07) is 6.75. The number of carbonyl (C=O) groups is 1. The molecule has 0 radical (unpaired) electrons. The van der Waals surface area contributed by atoms with E-state index in [0.29, 0.717) is 12.6 Å². The topological polar surface area (TPSA) is 29.1 Å². The Morgan fingerprint density at radius 2 is 1.75 bits per heavy atom. The molecule has 0 atom stereocenters. The van der Waals surface area contributed by atoms with E-state index in [1.54, 1.807) is 0 Å². The lowest BCUT2D eigenvalue weighted by Gasteiger charge is -2.35. The van der Waals surface area contributed by atoms with Crippen LogP contribution >= 0.6 is 0 Å². The summed E-state index contributed by atoms with van der Waals surface area (Å²) in [6.45, 7) is 4.64. The fraction of sp³-hybridized carbons (Fsp3) is 0.588. The van der Waals surface area contributed by atoms with Gasteiger partial charge in [0.1, 0.15) is 0 Å². The third kappa shape index (κ3) is 3.40. The SMILES string of the molecule is Cc1cccc(C)c1NC(=O)C[N+](C)(C)C1CCCC1. The number of hydrogen-bond acceptors (Lipinski definition) is 1. The second-order valence-corrected chi connectivity index (χ2v) is 6.69. The highest BCUT2D eigenvalue weighted by Crippen LogP contribution is 2.27. The van der Waals surface area contributed by atoms with Gasteiger partial charge in [-0.1, -0.05) is 18.2 Å². The third-order valence-electron chi connectivity index (χ3n) is 4.61. The smallest absolute Gasteiger partial charge is 0.279 e. The van der Waals surface area contributed by atoms with Crippen molar-refractivity contribution in [3.63, 3.8) is 0 Å². The van der Waals surface area contributed by atoms with Crippen molar-refractivity contribution in [1.29, 1.82) is 0 Å². The van der Waals surface area contributed by atoms with Gasteiger partial charge < -0.3 is 9.80 Å². The summed E-state index contributed by atoms with van der Waals surface area (Å²) in [6.07, 6.45) is 5.13. The predicted molar refractivity (Wildman–Crippen MR) is 83.8 cm³/mol. The first kappa shape index (κ1) is 15.0. The van der Waals surface area contributed by atoms with Gasteiger partial charge in [-0.2, -0.15) is 0 Å². The van der Waals surface area contributed by atoms with Crippen LogP contribution in [-0.2, 0) is 4.79 Å². The van der Waals surface area contributed by atoms with Crippen LogP contribution in [0.1, 0.15) is 36.8 Å². The molecule has 0 bridgehead atoms. The first-order valence-corrected chi connectivity index (χ1v) is 7.59. The zero-order valence-electron chi connectivity index (χ0n) is 13.2. The fourth-order valence-electron chi connectivity index (χ4n) is 3.29. The maximum absolute atomic E-state index is 12.4. The van der Waals surface area contributed by atoms with Crippen molar-refractivity contribution >= 4 is 11.6 Å². The lowest BCUT2D eigenvalue weighted by Crippen LogP contribution is -2.51. The number of rotatable bonds is 4. The van der Waals surface area contributed by atoms with Crippen molar-refractivity contribution in [3.8, 4) is 0 Å². The van der Waals surface area contributed by atoms with Crippen LogP contribution in [0, 0.1) is 13.8 Å². The van der Waals surface area contributed by atoms with Gasteiger partial charge in [-0.25, -0.2) is 0 Å². The molecule has 0 unspecified atom stereocenters. The molecule has 0 aliphatic heterocycles. The summed E-state index contributed by atoms with van der Waals surface area (Å²) in [5.74, 6) is 0.124. The van der Waals surface area contributed by atoms with Gasteiger partial charge in [-0.15, -0.1) is 0 Å². The molecule has 0 heterocycles. The molecular formula is C17H27N2O+. The van der Waals surface area contributed by atoms with Crippen molar-refractivity contribution in [2.45, 2.75) is 45.6 Å². The van der Waals surface area contributed by atoms with Crippen molar-refractivity contribution < 1.29 is 9.28 Å². The Kier molecular flexibility index (Phi) is 4.48. The first-order chi connectivity index (χ1) is 9.40. The average molecular weight is 275 g/mol. The standard InChI is InChI=1S/C17H26N2O/c1-13-8-7-9-14(2)17(13)18-16(20)12-19(3,4)15-10-5-6-11-15/h7-9,15H,5-6,10-12H2,1-4H3/p+1. The summed E-state index contributed by atoms with van der Waals surface area (Å²) in [4.78, 5) is 12.4. The normalized spacial score (nSPS) is 16.4. The third-order valence-corrected chi connectivity index (χ3v) is 4.61. The molecule has 1 fully saturated rings. The molecule has 1 aliphatic carbocycles. The number of quaternary nitrogens is 1. The van der Waals surface area contributed by atoms with E-state index in [-0.39, 0.29) is 5.91 Å².